The van der Waals surface area contributed by atoms with Crippen LogP contribution in [0.15, 0.2) is 36.0 Å². The van der Waals surface area contributed by atoms with E-state index in [1.165, 1.54) is 17.5 Å². The fourth-order valence-corrected chi connectivity index (χ4v) is 4.32. The fraction of sp³-hybridized carbons (Fsp3) is 0.458. The second-order valence-corrected chi connectivity index (χ2v) is 7.92. The van der Waals surface area contributed by atoms with Gasteiger partial charge in [-0.25, -0.2) is 0 Å². The molecule has 4 rings (SSSR count). The summed E-state index contributed by atoms with van der Waals surface area (Å²) >= 11 is 0. The Morgan fingerprint density at radius 1 is 0.897 bits per heavy atom. The van der Waals surface area contributed by atoms with Crippen LogP contribution in [-0.2, 0) is 35.3 Å². The van der Waals surface area contributed by atoms with Crippen LogP contribution in [0.25, 0.3) is 5.57 Å². The summed E-state index contributed by atoms with van der Waals surface area (Å²) in [4.78, 5) is 14.8. The number of aromatic nitrogens is 2. The molecule has 1 atom stereocenters. The van der Waals surface area contributed by atoms with Crippen molar-refractivity contribution in [1.29, 1.82) is 0 Å². The fourth-order valence-electron chi connectivity index (χ4n) is 4.32. The molecule has 2 aromatic heterocycles. The summed E-state index contributed by atoms with van der Waals surface area (Å²) in [5.41, 5.74) is 8.81. The predicted molar refractivity (Wildman–Crippen MR) is 115 cm³/mol. The van der Waals surface area contributed by atoms with Crippen LogP contribution in [0, 0.1) is 0 Å². The Labute approximate surface area is 172 Å². The van der Waals surface area contributed by atoms with E-state index in [4.69, 9.17) is 19.5 Å². The van der Waals surface area contributed by atoms with E-state index >= 15 is 0 Å². The molecule has 0 aromatic carbocycles. The first-order valence-electron chi connectivity index (χ1n) is 10.5. The average molecular weight is 392 g/mol. The van der Waals surface area contributed by atoms with Gasteiger partial charge in [0.25, 0.3) is 0 Å². The molecule has 2 aromatic rings. The number of aryl methyl sites for hydroxylation is 2. The topological polar surface area (TPSA) is 56.6 Å². The summed E-state index contributed by atoms with van der Waals surface area (Å²) in [6.07, 6.45) is 7.88. The minimum atomic E-state index is 0.0226. The lowest BCUT2D eigenvalue weighted by molar-refractivity contribution is 0.102. The molecule has 0 saturated carbocycles. The number of oxime groups is 1. The largest absolute Gasteiger partial charge is 0.399 e. The Hall–Kier alpha value is -2.53. The third-order valence-electron chi connectivity index (χ3n) is 5.87. The third-order valence-corrected chi connectivity index (χ3v) is 5.87. The van der Waals surface area contributed by atoms with E-state index in [0.29, 0.717) is 0 Å². The second-order valence-electron chi connectivity index (χ2n) is 7.92. The highest BCUT2D eigenvalue weighted by molar-refractivity contribution is 6.00. The third kappa shape index (κ3) is 4.40. The molecular weight excluding hydrogens is 362 g/mol. The van der Waals surface area contributed by atoms with Crippen LogP contribution in [0.5, 0.6) is 0 Å². The SMILES string of the molecule is C=C1CCCc2ccc(CC(Cc3ccc4c(n3)/C(=N/OC)CCC4)OC)nc21. The Balaban J connectivity index is 1.51. The van der Waals surface area contributed by atoms with Crippen molar-refractivity contribution in [3.05, 3.63) is 64.7 Å². The highest BCUT2D eigenvalue weighted by atomic mass is 16.6. The lowest BCUT2D eigenvalue weighted by atomic mass is 9.92. The van der Waals surface area contributed by atoms with Crippen LogP contribution in [0.3, 0.4) is 0 Å². The number of ether oxygens (including phenoxy) is 1. The predicted octanol–water partition coefficient (Wildman–Crippen LogP) is 4.31. The maximum atomic E-state index is 5.79. The van der Waals surface area contributed by atoms with Gasteiger partial charge in [0.2, 0.25) is 0 Å². The van der Waals surface area contributed by atoms with Gasteiger partial charge in [-0.3, -0.25) is 9.97 Å². The van der Waals surface area contributed by atoms with Gasteiger partial charge >= 0.3 is 0 Å². The zero-order valence-electron chi connectivity index (χ0n) is 17.4. The molecule has 0 amide bonds. The van der Waals surface area contributed by atoms with E-state index in [9.17, 15) is 0 Å². The van der Waals surface area contributed by atoms with Gasteiger partial charge in [-0.1, -0.05) is 23.9 Å². The zero-order valence-corrected chi connectivity index (χ0v) is 17.4. The number of rotatable bonds is 6. The quantitative estimate of drug-likeness (QED) is 0.689. The van der Waals surface area contributed by atoms with E-state index in [-0.39, 0.29) is 6.10 Å². The normalized spacial score (nSPS) is 18.3. The van der Waals surface area contributed by atoms with Crippen LogP contribution in [0.1, 0.15) is 59.6 Å². The molecule has 5 nitrogen and oxygen atoms in total. The van der Waals surface area contributed by atoms with E-state index in [1.807, 2.05) is 0 Å². The molecule has 152 valence electrons. The number of pyridine rings is 2. The summed E-state index contributed by atoms with van der Waals surface area (Å²) in [6, 6.07) is 8.63. The molecule has 1 unspecified atom stereocenters. The summed E-state index contributed by atoms with van der Waals surface area (Å²) in [5, 5.41) is 4.19. The monoisotopic (exact) mass is 391 g/mol. The molecule has 0 radical (unpaired) electrons. The average Bonchev–Trinajstić information content (AvgIpc) is 2.74. The summed E-state index contributed by atoms with van der Waals surface area (Å²) in [5.74, 6) is 0. The van der Waals surface area contributed by atoms with E-state index in [0.717, 1.165) is 79.0 Å². The standard InChI is InChI=1S/C24H29N3O2/c1-16-6-4-7-17-10-12-19(25-23(16)17)14-21(28-2)15-20-13-11-18-8-5-9-22(27-29-3)24(18)26-20/h10-13,21H,1,4-9,14-15H2,2-3H3/b27-22+. The minimum Gasteiger partial charge on any atom is -0.399 e. The lowest BCUT2D eigenvalue weighted by Crippen LogP contribution is -2.21. The highest BCUT2D eigenvalue weighted by Gasteiger charge is 2.21. The van der Waals surface area contributed by atoms with Gasteiger partial charge in [0.15, 0.2) is 0 Å². The van der Waals surface area contributed by atoms with Gasteiger partial charge in [-0.15, -0.1) is 0 Å². The zero-order chi connectivity index (χ0) is 20.2. The number of hydrogen-bond donors (Lipinski definition) is 0. The molecule has 0 N–H and O–H groups in total. The Morgan fingerprint density at radius 3 is 2.17 bits per heavy atom. The van der Waals surface area contributed by atoms with E-state index in [2.05, 4.69) is 36.0 Å². The smallest absolute Gasteiger partial charge is 0.106 e. The van der Waals surface area contributed by atoms with Crippen molar-refractivity contribution in [3.8, 4) is 0 Å². The van der Waals surface area contributed by atoms with Crippen molar-refractivity contribution in [3.63, 3.8) is 0 Å². The van der Waals surface area contributed by atoms with E-state index < -0.39 is 0 Å². The number of allylic oxidation sites excluding steroid dienone is 1. The number of hydrogen-bond acceptors (Lipinski definition) is 5. The first-order valence-corrected chi connectivity index (χ1v) is 10.5. The maximum Gasteiger partial charge on any atom is 0.106 e. The molecule has 0 fully saturated rings. The Bertz CT molecular complexity index is 936. The van der Waals surface area contributed by atoms with Gasteiger partial charge < -0.3 is 9.57 Å². The van der Waals surface area contributed by atoms with Crippen LogP contribution >= 0.6 is 0 Å². The van der Waals surface area contributed by atoms with Gasteiger partial charge in [0.1, 0.15) is 12.8 Å². The van der Waals surface area contributed by atoms with Crippen LogP contribution in [0.4, 0.5) is 0 Å². The number of fused-ring (bicyclic) bond motifs is 2. The lowest BCUT2D eigenvalue weighted by Gasteiger charge is -2.21. The van der Waals surface area contributed by atoms with Gasteiger partial charge in [-0.2, -0.15) is 0 Å². The van der Waals surface area contributed by atoms with Crippen molar-refractivity contribution < 1.29 is 9.57 Å². The highest BCUT2D eigenvalue weighted by Crippen LogP contribution is 2.28. The molecule has 0 saturated heterocycles. The van der Waals surface area contributed by atoms with E-state index in [1.54, 1.807) is 14.2 Å². The van der Waals surface area contributed by atoms with Crippen LogP contribution < -0.4 is 0 Å². The molecule has 0 bridgehead atoms. The summed E-state index contributed by atoms with van der Waals surface area (Å²) in [7, 11) is 3.35. The van der Waals surface area contributed by atoms with Crippen molar-refractivity contribution in [1.82, 2.24) is 9.97 Å². The van der Waals surface area contributed by atoms with Gasteiger partial charge in [0.05, 0.1) is 17.5 Å². The van der Waals surface area contributed by atoms with Crippen LogP contribution in [0.2, 0.25) is 0 Å². The molecule has 5 heteroatoms. The molecule has 29 heavy (non-hydrogen) atoms. The van der Waals surface area contributed by atoms with Crippen molar-refractivity contribution in [2.45, 2.75) is 57.5 Å². The van der Waals surface area contributed by atoms with Crippen LogP contribution in [-0.4, -0.2) is 36.0 Å². The first kappa shape index (κ1) is 19.8. The minimum absolute atomic E-state index is 0.0226. The molecule has 0 aliphatic heterocycles. The molecule has 0 spiro atoms. The second kappa shape index (κ2) is 8.87. The summed E-state index contributed by atoms with van der Waals surface area (Å²) in [6.45, 7) is 4.20. The van der Waals surface area contributed by atoms with Crippen molar-refractivity contribution in [2.24, 2.45) is 5.16 Å². The van der Waals surface area contributed by atoms with Crippen molar-refractivity contribution >= 4 is 11.3 Å². The molecule has 2 aliphatic carbocycles. The molecular formula is C24H29N3O2. The van der Waals surface area contributed by atoms with Gasteiger partial charge in [-0.05, 0) is 67.4 Å². The number of methoxy groups -OCH3 is 1. The summed E-state index contributed by atoms with van der Waals surface area (Å²) < 4.78 is 5.79. The van der Waals surface area contributed by atoms with Gasteiger partial charge in [0, 0.05) is 31.3 Å². The van der Waals surface area contributed by atoms with Crippen molar-refractivity contribution in [2.75, 3.05) is 14.2 Å². The molecule has 2 aliphatic rings. The number of nitrogens with zero attached hydrogens (tertiary/aromatic N) is 3. The Morgan fingerprint density at radius 2 is 1.52 bits per heavy atom. The maximum absolute atomic E-state index is 5.79. The molecule has 2 heterocycles. The Kier molecular flexibility index (Phi) is 6.05. The first-order chi connectivity index (χ1) is 14.2.